The van der Waals surface area contributed by atoms with Crippen LogP contribution in [0.2, 0.25) is 0 Å². The van der Waals surface area contributed by atoms with Gasteiger partial charge in [-0.3, -0.25) is 4.79 Å². The van der Waals surface area contributed by atoms with E-state index in [9.17, 15) is 4.79 Å². The van der Waals surface area contributed by atoms with Gasteiger partial charge in [-0.25, -0.2) is 0 Å². The van der Waals surface area contributed by atoms with Crippen molar-refractivity contribution in [2.75, 3.05) is 7.11 Å². The maximum atomic E-state index is 11.1. The molecule has 0 saturated carbocycles. The van der Waals surface area contributed by atoms with Crippen LogP contribution in [-0.2, 0) is 0 Å². The summed E-state index contributed by atoms with van der Waals surface area (Å²) in [6, 6.07) is 6.98. The van der Waals surface area contributed by atoms with Gasteiger partial charge in [-0.1, -0.05) is 0 Å². The van der Waals surface area contributed by atoms with Crippen LogP contribution >= 0.6 is 15.9 Å². The van der Waals surface area contributed by atoms with E-state index in [0.717, 1.165) is 15.4 Å². The Morgan fingerprint density at radius 3 is 2.86 bits per heavy atom. The molecule has 1 N–H and O–H groups in total. The predicted octanol–water partition coefficient (Wildman–Crippen LogP) is 2.30. The third kappa shape index (κ3) is 1.53. The van der Waals surface area contributed by atoms with E-state index in [4.69, 9.17) is 4.74 Å². The van der Waals surface area contributed by atoms with Crippen molar-refractivity contribution in [3.8, 4) is 5.75 Å². The maximum Gasteiger partial charge on any atom is 0.248 e. The lowest BCUT2D eigenvalue weighted by Gasteiger charge is -2.04. The van der Waals surface area contributed by atoms with Gasteiger partial charge >= 0.3 is 0 Å². The van der Waals surface area contributed by atoms with Crippen LogP contribution in [0.3, 0.4) is 0 Å². The quantitative estimate of drug-likeness (QED) is 0.848. The first-order valence-electron chi connectivity index (χ1n) is 4.07. The van der Waals surface area contributed by atoms with Crippen molar-refractivity contribution in [1.29, 1.82) is 0 Å². The van der Waals surface area contributed by atoms with E-state index in [0.29, 0.717) is 5.75 Å². The Labute approximate surface area is 88.8 Å². The molecule has 14 heavy (non-hydrogen) atoms. The molecule has 72 valence electrons. The van der Waals surface area contributed by atoms with Gasteiger partial charge in [0.25, 0.3) is 0 Å². The summed E-state index contributed by atoms with van der Waals surface area (Å²) in [4.78, 5) is 13.8. The molecule has 0 aliphatic rings. The highest BCUT2D eigenvalue weighted by Crippen LogP contribution is 2.28. The summed E-state index contributed by atoms with van der Waals surface area (Å²) in [5.74, 6) is 0.708. The van der Waals surface area contributed by atoms with Crippen molar-refractivity contribution in [1.82, 2.24) is 4.98 Å². The molecule has 0 radical (unpaired) electrons. The molecule has 1 aromatic heterocycles. The van der Waals surface area contributed by atoms with Crippen molar-refractivity contribution >= 4 is 26.8 Å². The van der Waals surface area contributed by atoms with Crippen LogP contribution in [-0.4, -0.2) is 12.1 Å². The molecule has 0 amide bonds. The van der Waals surface area contributed by atoms with E-state index in [1.54, 1.807) is 19.2 Å². The molecule has 0 spiro atoms. The van der Waals surface area contributed by atoms with Gasteiger partial charge in [-0.05, 0) is 33.4 Å². The number of aromatic amines is 1. The number of rotatable bonds is 1. The Hall–Kier alpha value is -1.29. The van der Waals surface area contributed by atoms with Crippen LogP contribution < -0.4 is 10.3 Å². The predicted molar refractivity (Wildman–Crippen MR) is 58.8 cm³/mol. The second kappa shape index (κ2) is 3.46. The number of fused-ring (bicyclic) bond motifs is 1. The molecule has 0 aliphatic heterocycles. The highest BCUT2D eigenvalue weighted by molar-refractivity contribution is 9.10. The SMILES string of the molecule is COc1cc2[nH]c(=O)ccc2cc1Br. The number of hydrogen-bond donors (Lipinski definition) is 1. The van der Waals surface area contributed by atoms with Gasteiger partial charge in [0.1, 0.15) is 5.75 Å². The zero-order valence-corrected chi connectivity index (χ0v) is 9.09. The number of halogens is 1. The van der Waals surface area contributed by atoms with E-state index < -0.39 is 0 Å². The summed E-state index contributed by atoms with van der Waals surface area (Å²) >= 11 is 3.38. The fourth-order valence-electron chi connectivity index (χ4n) is 1.31. The highest BCUT2D eigenvalue weighted by atomic mass is 79.9. The minimum absolute atomic E-state index is 0.109. The van der Waals surface area contributed by atoms with Gasteiger partial charge in [-0.2, -0.15) is 0 Å². The number of benzene rings is 1. The molecule has 1 aromatic carbocycles. The lowest BCUT2D eigenvalue weighted by molar-refractivity contribution is 0.412. The van der Waals surface area contributed by atoms with Crippen LogP contribution in [0, 0.1) is 0 Å². The summed E-state index contributed by atoms with van der Waals surface area (Å²) in [5, 5.41) is 0.970. The summed E-state index contributed by atoms with van der Waals surface area (Å²) in [6.07, 6.45) is 0. The van der Waals surface area contributed by atoms with Crippen molar-refractivity contribution in [2.45, 2.75) is 0 Å². The minimum atomic E-state index is -0.109. The molecule has 4 heteroatoms. The van der Waals surface area contributed by atoms with Crippen LogP contribution in [0.5, 0.6) is 5.75 Å². The van der Waals surface area contributed by atoms with Crippen LogP contribution in [0.25, 0.3) is 10.9 Å². The number of nitrogens with one attached hydrogen (secondary N) is 1. The molecule has 0 fully saturated rings. The first kappa shape index (κ1) is 9.27. The first-order chi connectivity index (χ1) is 6.70. The van der Waals surface area contributed by atoms with E-state index in [1.807, 2.05) is 6.07 Å². The molecule has 0 bridgehead atoms. The summed E-state index contributed by atoms with van der Waals surface area (Å²) in [5.41, 5.74) is 0.666. The molecule has 0 atom stereocenters. The Morgan fingerprint density at radius 1 is 1.36 bits per heavy atom. The average Bonchev–Trinajstić information content (AvgIpc) is 2.17. The Balaban J connectivity index is 2.80. The maximum absolute atomic E-state index is 11.1. The Bertz CT molecular complexity index is 533. The van der Waals surface area contributed by atoms with E-state index >= 15 is 0 Å². The summed E-state index contributed by atoms with van der Waals surface area (Å²) in [7, 11) is 1.59. The van der Waals surface area contributed by atoms with Crippen molar-refractivity contribution in [3.63, 3.8) is 0 Å². The van der Waals surface area contributed by atoms with Gasteiger partial charge in [0, 0.05) is 12.1 Å². The summed E-state index contributed by atoms with van der Waals surface area (Å²) < 4.78 is 6.00. The van der Waals surface area contributed by atoms with Crippen LogP contribution in [0.4, 0.5) is 0 Å². The molecule has 0 unspecified atom stereocenters. The fourth-order valence-corrected chi connectivity index (χ4v) is 1.83. The Morgan fingerprint density at radius 2 is 2.14 bits per heavy atom. The molecule has 1 heterocycles. The molecule has 2 rings (SSSR count). The zero-order chi connectivity index (χ0) is 10.1. The topological polar surface area (TPSA) is 42.1 Å². The zero-order valence-electron chi connectivity index (χ0n) is 7.50. The lowest BCUT2D eigenvalue weighted by Crippen LogP contribution is -2.02. The number of hydrogen-bond acceptors (Lipinski definition) is 2. The summed E-state index contributed by atoms with van der Waals surface area (Å²) in [6.45, 7) is 0. The van der Waals surface area contributed by atoms with Gasteiger partial charge in [0.05, 0.1) is 17.1 Å². The normalized spacial score (nSPS) is 10.4. The van der Waals surface area contributed by atoms with E-state index in [1.165, 1.54) is 6.07 Å². The third-order valence-electron chi connectivity index (χ3n) is 2.00. The van der Waals surface area contributed by atoms with E-state index in [2.05, 4.69) is 20.9 Å². The second-order valence-electron chi connectivity index (χ2n) is 2.90. The number of ether oxygens (including phenoxy) is 1. The molecule has 0 aliphatic carbocycles. The fraction of sp³-hybridized carbons (Fsp3) is 0.100. The minimum Gasteiger partial charge on any atom is -0.495 e. The largest absolute Gasteiger partial charge is 0.495 e. The van der Waals surface area contributed by atoms with E-state index in [-0.39, 0.29) is 5.56 Å². The molecule has 0 saturated heterocycles. The molecular weight excluding hydrogens is 246 g/mol. The first-order valence-corrected chi connectivity index (χ1v) is 4.86. The molecular formula is C10H8BrNO2. The molecule has 3 nitrogen and oxygen atoms in total. The average molecular weight is 254 g/mol. The highest BCUT2D eigenvalue weighted by Gasteiger charge is 2.02. The van der Waals surface area contributed by atoms with Gasteiger partial charge in [0.15, 0.2) is 0 Å². The number of pyridine rings is 1. The molecule has 2 aromatic rings. The smallest absolute Gasteiger partial charge is 0.248 e. The number of H-pyrrole nitrogens is 1. The van der Waals surface area contributed by atoms with Crippen LogP contribution in [0.15, 0.2) is 33.5 Å². The monoisotopic (exact) mass is 253 g/mol. The lowest BCUT2D eigenvalue weighted by atomic mass is 10.2. The second-order valence-corrected chi connectivity index (χ2v) is 3.75. The number of methoxy groups -OCH3 is 1. The third-order valence-corrected chi connectivity index (χ3v) is 2.62. The van der Waals surface area contributed by atoms with Gasteiger partial charge in [0.2, 0.25) is 5.56 Å². The Kier molecular flexibility index (Phi) is 2.29. The van der Waals surface area contributed by atoms with Crippen molar-refractivity contribution in [3.05, 3.63) is 39.1 Å². The van der Waals surface area contributed by atoms with Gasteiger partial charge in [-0.15, -0.1) is 0 Å². The van der Waals surface area contributed by atoms with Crippen LogP contribution in [0.1, 0.15) is 0 Å². The van der Waals surface area contributed by atoms with Gasteiger partial charge < -0.3 is 9.72 Å². The van der Waals surface area contributed by atoms with Crippen molar-refractivity contribution < 1.29 is 4.74 Å². The standard InChI is InChI=1S/C10H8BrNO2/c1-14-9-5-8-6(4-7(9)11)2-3-10(13)12-8/h2-5H,1H3,(H,12,13). The number of aromatic nitrogens is 1. The van der Waals surface area contributed by atoms with Crippen molar-refractivity contribution in [2.24, 2.45) is 0 Å².